The van der Waals surface area contributed by atoms with Crippen molar-refractivity contribution in [2.45, 2.75) is 33.3 Å². The zero-order chi connectivity index (χ0) is 11.0. The van der Waals surface area contributed by atoms with E-state index in [4.69, 9.17) is 0 Å². The van der Waals surface area contributed by atoms with E-state index in [1.165, 1.54) is 0 Å². The molecule has 84 valence electrons. The molecular formula is C10H22N2O2. The second-order valence-electron chi connectivity index (χ2n) is 3.52. The Kier molecular flexibility index (Phi) is 7.42. The molecule has 0 heterocycles. The standard InChI is InChI=1S/C10H22N2O2/c1-4-9(13)7-12-10(14)8(3)6-11-5-2/h8-9,11,13H,4-7H2,1-3H3,(H,12,14). The van der Waals surface area contributed by atoms with Crippen LogP contribution in [0, 0.1) is 5.92 Å². The van der Waals surface area contributed by atoms with Gasteiger partial charge in [0, 0.05) is 19.0 Å². The lowest BCUT2D eigenvalue weighted by Gasteiger charge is -2.14. The van der Waals surface area contributed by atoms with E-state index in [1.54, 1.807) is 0 Å². The van der Waals surface area contributed by atoms with Crippen LogP contribution in [0.15, 0.2) is 0 Å². The maximum absolute atomic E-state index is 11.4. The van der Waals surface area contributed by atoms with Crippen LogP contribution in [0.2, 0.25) is 0 Å². The molecule has 0 fully saturated rings. The summed E-state index contributed by atoms with van der Waals surface area (Å²) in [5.74, 6) is -0.0440. The molecule has 2 unspecified atom stereocenters. The van der Waals surface area contributed by atoms with Crippen molar-refractivity contribution in [3.05, 3.63) is 0 Å². The number of amides is 1. The van der Waals surface area contributed by atoms with Gasteiger partial charge in [0.2, 0.25) is 5.91 Å². The van der Waals surface area contributed by atoms with E-state index in [1.807, 2.05) is 20.8 Å². The number of hydrogen-bond acceptors (Lipinski definition) is 3. The fourth-order valence-corrected chi connectivity index (χ4v) is 0.991. The quantitative estimate of drug-likeness (QED) is 0.549. The van der Waals surface area contributed by atoms with Crippen LogP contribution in [-0.2, 0) is 4.79 Å². The van der Waals surface area contributed by atoms with Gasteiger partial charge in [-0.15, -0.1) is 0 Å². The third-order valence-electron chi connectivity index (χ3n) is 2.13. The van der Waals surface area contributed by atoms with Gasteiger partial charge in [0.25, 0.3) is 0 Å². The van der Waals surface area contributed by atoms with Gasteiger partial charge in [-0.25, -0.2) is 0 Å². The minimum atomic E-state index is -0.426. The Morgan fingerprint density at radius 1 is 1.36 bits per heavy atom. The molecule has 0 aromatic carbocycles. The Bertz CT molecular complexity index is 162. The number of aliphatic hydroxyl groups is 1. The molecule has 0 saturated heterocycles. The Hall–Kier alpha value is -0.610. The highest BCUT2D eigenvalue weighted by atomic mass is 16.3. The van der Waals surface area contributed by atoms with Crippen LogP contribution in [0.3, 0.4) is 0 Å². The minimum absolute atomic E-state index is 0.00144. The lowest BCUT2D eigenvalue weighted by molar-refractivity contribution is -0.124. The highest BCUT2D eigenvalue weighted by Crippen LogP contribution is 1.93. The Balaban J connectivity index is 3.61. The molecule has 0 aliphatic heterocycles. The van der Waals surface area contributed by atoms with Gasteiger partial charge in [-0.2, -0.15) is 0 Å². The second-order valence-corrected chi connectivity index (χ2v) is 3.52. The van der Waals surface area contributed by atoms with E-state index in [9.17, 15) is 9.90 Å². The fraction of sp³-hybridized carbons (Fsp3) is 0.900. The molecule has 2 atom stereocenters. The number of rotatable bonds is 7. The molecule has 0 aliphatic carbocycles. The smallest absolute Gasteiger partial charge is 0.224 e. The first-order valence-electron chi connectivity index (χ1n) is 5.28. The minimum Gasteiger partial charge on any atom is -0.391 e. The summed E-state index contributed by atoms with van der Waals surface area (Å²) in [6, 6.07) is 0. The molecule has 0 radical (unpaired) electrons. The SMILES string of the molecule is CCNCC(C)C(=O)NCC(O)CC. The molecule has 1 amide bonds. The topological polar surface area (TPSA) is 61.4 Å². The number of carbonyl (C=O) groups excluding carboxylic acids is 1. The Morgan fingerprint density at radius 2 is 2.00 bits per heavy atom. The zero-order valence-electron chi connectivity index (χ0n) is 9.34. The van der Waals surface area contributed by atoms with E-state index in [0.29, 0.717) is 19.5 Å². The molecule has 3 N–H and O–H groups in total. The largest absolute Gasteiger partial charge is 0.391 e. The molecule has 0 saturated carbocycles. The van der Waals surface area contributed by atoms with Gasteiger partial charge in [-0.05, 0) is 13.0 Å². The summed E-state index contributed by atoms with van der Waals surface area (Å²) in [7, 11) is 0. The average molecular weight is 202 g/mol. The normalized spacial score (nSPS) is 14.9. The van der Waals surface area contributed by atoms with Crippen molar-refractivity contribution in [1.82, 2.24) is 10.6 Å². The first-order valence-corrected chi connectivity index (χ1v) is 5.28. The van der Waals surface area contributed by atoms with Crippen molar-refractivity contribution in [2.24, 2.45) is 5.92 Å². The summed E-state index contributed by atoms with van der Waals surface area (Å²) in [5, 5.41) is 15.1. The predicted octanol–water partition coefficient (Wildman–Crippen LogP) is 0.119. The number of aliphatic hydroxyl groups excluding tert-OH is 1. The molecule has 14 heavy (non-hydrogen) atoms. The van der Waals surface area contributed by atoms with Crippen LogP contribution < -0.4 is 10.6 Å². The van der Waals surface area contributed by atoms with E-state index in [0.717, 1.165) is 6.54 Å². The highest BCUT2D eigenvalue weighted by molar-refractivity contribution is 5.78. The van der Waals surface area contributed by atoms with Crippen LogP contribution in [0.25, 0.3) is 0 Å². The summed E-state index contributed by atoms with van der Waals surface area (Å²) in [6.45, 7) is 7.67. The molecule has 4 nitrogen and oxygen atoms in total. The van der Waals surface area contributed by atoms with Gasteiger partial charge >= 0.3 is 0 Å². The third-order valence-corrected chi connectivity index (χ3v) is 2.13. The molecule has 0 aliphatic rings. The summed E-state index contributed by atoms with van der Waals surface area (Å²) < 4.78 is 0. The first-order chi connectivity index (χ1) is 6.61. The maximum atomic E-state index is 11.4. The van der Waals surface area contributed by atoms with Gasteiger partial charge in [0.15, 0.2) is 0 Å². The van der Waals surface area contributed by atoms with E-state index < -0.39 is 6.10 Å². The predicted molar refractivity (Wildman–Crippen MR) is 57.0 cm³/mol. The highest BCUT2D eigenvalue weighted by Gasteiger charge is 2.12. The van der Waals surface area contributed by atoms with Crippen molar-refractivity contribution < 1.29 is 9.90 Å². The summed E-state index contributed by atoms with van der Waals surface area (Å²) >= 11 is 0. The van der Waals surface area contributed by atoms with Crippen molar-refractivity contribution in [2.75, 3.05) is 19.6 Å². The molecule has 0 aromatic heterocycles. The lowest BCUT2D eigenvalue weighted by Crippen LogP contribution is -2.38. The lowest BCUT2D eigenvalue weighted by atomic mass is 10.1. The Morgan fingerprint density at radius 3 is 2.50 bits per heavy atom. The molecule has 0 bridgehead atoms. The Labute approximate surface area is 86.1 Å². The molecule has 0 aromatic rings. The van der Waals surface area contributed by atoms with Gasteiger partial charge in [0.05, 0.1) is 6.10 Å². The number of hydrogen-bond donors (Lipinski definition) is 3. The van der Waals surface area contributed by atoms with Crippen LogP contribution in [0.1, 0.15) is 27.2 Å². The molecule has 0 spiro atoms. The average Bonchev–Trinajstić information content (AvgIpc) is 2.21. The van der Waals surface area contributed by atoms with Gasteiger partial charge in [-0.3, -0.25) is 4.79 Å². The van der Waals surface area contributed by atoms with Crippen LogP contribution in [-0.4, -0.2) is 36.8 Å². The van der Waals surface area contributed by atoms with E-state index >= 15 is 0 Å². The summed E-state index contributed by atoms with van der Waals surface area (Å²) in [6.07, 6.45) is 0.243. The van der Waals surface area contributed by atoms with Crippen molar-refractivity contribution in [3.8, 4) is 0 Å². The first kappa shape index (κ1) is 13.4. The maximum Gasteiger partial charge on any atom is 0.224 e. The molecule has 0 rings (SSSR count). The summed E-state index contributed by atoms with van der Waals surface area (Å²) in [4.78, 5) is 11.4. The molecule has 4 heteroatoms. The van der Waals surface area contributed by atoms with Gasteiger partial charge < -0.3 is 15.7 Å². The van der Waals surface area contributed by atoms with Crippen LogP contribution >= 0.6 is 0 Å². The monoisotopic (exact) mass is 202 g/mol. The number of carbonyl (C=O) groups is 1. The van der Waals surface area contributed by atoms with Crippen LogP contribution in [0.4, 0.5) is 0 Å². The molecular weight excluding hydrogens is 180 g/mol. The van der Waals surface area contributed by atoms with Crippen LogP contribution in [0.5, 0.6) is 0 Å². The number of nitrogens with one attached hydrogen (secondary N) is 2. The van der Waals surface area contributed by atoms with E-state index in [2.05, 4.69) is 10.6 Å². The second kappa shape index (κ2) is 7.76. The van der Waals surface area contributed by atoms with E-state index in [-0.39, 0.29) is 11.8 Å². The summed E-state index contributed by atoms with van der Waals surface area (Å²) in [5.41, 5.74) is 0. The third kappa shape index (κ3) is 5.94. The van der Waals surface area contributed by atoms with Crippen molar-refractivity contribution in [3.63, 3.8) is 0 Å². The van der Waals surface area contributed by atoms with Crippen molar-refractivity contribution in [1.29, 1.82) is 0 Å². The van der Waals surface area contributed by atoms with Gasteiger partial charge in [-0.1, -0.05) is 20.8 Å². The zero-order valence-corrected chi connectivity index (χ0v) is 9.34. The van der Waals surface area contributed by atoms with Crippen molar-refractivity contribution >= 4 is 5.91 Å². The van der Waals surface area contributed by atoms with Gasteiger partial charge in [0.1, 0.15) is 0 Å². The fourth-order valence-electron chi connectivity index (χ4n) is 0.991.